The molecule has 1 aliphatic rings. The van der Waals surface area contributed by atoms with Crippen LogP contribution in [0.1, 0.15) is 49.5 Å². The van der Waals surface area contributed by atoms with Crippen LogP contribution in [0.25, 0.3) is 11.3 Å². The number of anilines is 1. The number of nitrogens with zero attached hydrogens (tertiary/aromatic N) is 3. The van der Waals surface area contributed by atoms with E-state index in [4.69, 9.17) is 9.47 Å². The van der Waals surface area contributed by atoms with Crippen molar-refractivity contribution in [3.05, 3.63) is 78.0 Å². The van der Waals surface area contributed by atoms with Crippen molar-refractivity contribution in [1.82, 2.24) is 14.8 Å². The summed E-state index contributed by atoms with van der Waals surface area (Å²) in [5.41, 5.74) is 4.25. The maximum atomic E-state index is 13.6. The molecule has 2 amide bonds. The highest BCUT2D eigenvalue weighted by atomic mass is 16.5. The van der Waals surface area contributed by atoms with E-state index in [2.05, 4.69) is 53.3 Å². The number of benzene rings is 2. The Balaban J connectivity index is 1.58. The molecular weight excluding hydrogens is 516 g/mol. The first-order valence-electron chi connectivity index (χ1n) is 14.4. The molecule has 218 valence electrons. The first-order valence-corrected chi connectivity index (χ1v) is 14.4. The van der Waals surface area contributed by atoms with Gasteiger partial charge in [0.2, 0.25) is 5.91 Å². The van der Waals surface area contributed by atoms with Crippen LogP contribution in [0.15, 0.2) is 66.9 Å². The maximum Gasteiger partial charge on any atom is 0.257 e. The molecule has 0 radical (unpaired) electrons. The fraction of sp³-hybridized carbons (Fsp3) is 0.424. The number of carbonyl (C=O) groups is 2. The molecule has 0 spiro atoms. The summed E-state index contributed by atoms with van der Waals surface area (Å²) < 4.78 is 12.2. The third kappa shape index (κ3) is 7.93. The summed E-state index contributed by atoms with van der Waals surface area (Å²) in [6, 6.07) is 19.8. The number of carbonyl (C=O) groups excluding carboxylic acids is 2. The zero-order chi connectivity index (χ0) is 29.4. The van der Waals surface area contributed by atoms with E-state index in [1.165, 1.54) is 5.56 Å². The lowest BCUT2D eigenvalue weighted by molar-refractivity contribution is -0.116. The Kier molecular flexibility index (Phi) is 10.5. The van der Waals surface area contributed by atoms with E-state index >= 15 is 0 Å². The van der Waals surface area contributed by atoms with Crippen molar-refractivity contribution in [1.29, 1.82) is 0 Å². The number of methoxy groups -OCH3 is 1. The lowest BCUT2D eigenvalue weighted by Gasteiger charge is -2.36. The van der Waals surface area contributed by atoms with Gasteiger partial charge in [-0.1, -0.05) is 44.2 Å². The van der Waals surface area contributed by atoms with Gasteiger partial charge in [-0.25, -0.2) is 0 Å². The van der Waals surface area contributed by atoms with Gasteiger partial charge in [0.25, 0.3) is 5.91 Å². The molecule has 0 bridgehead atoms. The van der Waals surface area contributed by atoms with Crippen LogP contribution in [0.5, 0.6) is 5.75 Å². The van der Waals surface area contributed by atoms with E-state index in [1.54, 1.807) is 37.3 Å². The largest absolute Gasteiger partial charge is 0.491 e. The molecular formula is C33H42N4O4. The molecule has 8 heteroatoms. The van der Waals surface area contributed by atoms with Gasteiger partial charge in [-0.3, -0.25) is 19.5 Å². The number of fused-ring (bicyclic) bond motifs is 1. The van der Waals surface area contributed by atoms with Gasteiger partial charge in [0.15, 0.2) is 0 Å². The van der Waals surface area contributed by atoms with Crippen molar-refractivity contribution in [3.63, 3.8) is 0 Å². The van der Waals surface area contributed by atoms with Crippen LogP contribution in [-0.2, 0) is 16.1 Å². The highest BCUT2D eigenvalue weighted by Gasteiger charge is 2.28. The number of amides is 2. The predicted molar refractivity (Wildman–Crippen MR) is 162 cm³/mol. The molecule has 0 saturated carbocycles. The lowest BCUT2D eigenvalue weighted by Crippen LogP contribution is -2.46. The Labute approximate surface area is 243 Å². The molecule has 8 nitrogen and oxygen atoms in total. The van der Waals surface area contributed by atoms with Gasteiger partial charge in [-0.2, -0.15) is 0 Å². The van der Waals surface area contributed by atoms with Crippen LogP contribution in [0.2, 0.25) is 0 Å². The smallest absolute Gasteiger partial charge is 0.257 e. The van der Waals surface area contributed by atoms with Crippen molar-refractivity contribution < 1.29 is 19.1 Å². The van der Waals surface area contributed by atoms with Gasteiger partial charge in [0.1, 0.15) is 12.4 Å². The van der Waals surface area contributed by atoms with Gasteiger partial charge in [-0.05, 0) is 55.2 Å². The van der Waals surface area contributed by atoms with E-state index in [9.17, 15) is 9.59 Å². The van der Waals surface area contributed by atoms with Crippen LogP contribution in [0.3, 0.4) is 0 Å². The van der Waals surface area contributed by atoms with Crippen molar-refractivity contribution in [3.8, 4) is 17.0 Å². The zero-order valence-electron chi connectivity index (χ0n) is 24.8. The van der Waals surface area contributed by atoms with Gasteiger partial charge in [0, 0.05) is 63.7 Å². The number of rotatable bonds is 7. The molecule has 4 rings (SSSR count). The number of pyridine rings is 1. The van der Waals surface area contributed by atoms with E-state index in [-0.39, 0.29) is 29.9 Å². The average molecular weight is 559 g/mol. The molecule has 0 unspecified atom stereocenters. The van der Waals surface area contributed by atoms with Gasteiger partial charge in [0.05, 0.1) is 17.4 Å². The minimum Gasteiger partial charge on any atom is -0.491 e. The summed E-state index contributed by atoms with van der Waals surface area (Å²) in [6.45, 7) is 8.64. The quantitative estimate of drug-likeness (QED) is 0.413. The molecule has 41 heavy (non-hydrogen) atoms. The highest BCUT2D eigenvalue weighted by molar-refractivity contribution is 5.99. The summed E-state index contributed by atoms with van der Waals surface area (Å²) in [6.07, 6.45) is 2.83. The molecule has 3 atom stereocenters. The molecule has 0 fully saturated rings. The number of aromatic nitrogens is 1. The predicted octanol–water partition coefficient (Wildman–Crippen LogP) is 5.49. The molecule has 1 aliphatic heterocycles. The number of hydrogen-bond donors (Lipinski definition) is 1. The van der Waals surface area contributed by atoms with E-state index < -0.39 is 0 Å². The summed E-state index contributed by atoms with van der Waals surface area (Å²) in [4.78, 5) is 34.3. The molecule has 2 heterocycles. The van der Waals surface area contributed by atoms with E-state index in [1.807, 2.05) is 31.3 Å². The number of nitrogens with one attached hydrogen (secondary N) is 1. The normalized spacial score (nSPS) is 20.4. The lowest BCUT2D eigenvalue weighted by atomic mass is 10.0. The summed E-state index contributed by atoms with van der Waals surface area (Å²) in [7, 11) is 3.48. The van der Waals surface area contributed by atoms with Crippen molar-refractivity contribution in [2.24, 2.45) is 5.92 Å². The third-order valence-electron chi connectivity index (χ3n) is 7.63. The van der Waals surface area contributed by atoms with Crippen LogP contribution < -0.4 is 10.1 Å². The molecule has 2 aromatic carbocycles. The Bertz CT molecular complexity index is 1300. The fourth-order valence-electron chi connectivity index (χ4n) is 5.15. The van der Waals surface area contributed by atoms with Gasteiger partial charge < -0.3 is 19.7 Å². The molecule has 1 aromatic heterocycles. The minimum absolute atomic E-state index is 0.0643. The van der Waals surface area contributed by atoms with Crippen molar-refractivity contribution in [2.45, 2.75) is 52.3 Å². The summed E-state index contributed by atoms with van der Waals surface area (Å²) in [5.74, 6) is 0.417. The Morgan fingerprint density at radius 2 is 1.88 bits per heavy atom. The van der Waals surface area contributed by atoms with Gasteiger partial charge >= 0.3 is 0 Å². The van der Waals surface area contributed by atoms with Crippen LogP contribution in [-0.4, -0.2) is 72.6 Å². The fourth-order valence-corrected chi connectivity index (χ4v) is 5.15. The highest BCUT2D eigenvalue weighted by Crippen LogP contribution is 2.27. The van der Waals surface area contributed by atoms with Crippen LogP contribution >= 0.6 is 0 Å². The van der Waals surface area contributed by atoms with Crippen molar-refractivity contribution in [2.75, 3.05) is 39.2 Å². The van der Waals surface area contributed by atoms with Gasteiger partial charge in [-0.15, -0.1) is 0 Å². The standard InChI is InChI=1S/C33H42N4O4/c1-6-9-32(38)35-27-15-16-30-28(18-27)33(39)36(4)21-31(40-5)23(2)19-37(24(3)22-41-30)20-25-11-13-26(14-12-25)29-10-7-8-17-34-29/h7-8,10-18,23-24,31H,6,9,19-22H2,1-5H3,(H,35,38)/t23-,24-,31-/m0/s1. The Morgan fingerprint density at radius 3 is 2.56 bits per heavy atom. The van der Waals surface area contributed by atoms with Crippen LogP contribution in [0, 0.1) is 5.92 Å². The second-order valence-electron chi connectivity index (χ2n) is 10.9. The van der Waals surface area contributed by atoms with Crippen LogP contribution in [0.4, 0.5) is 5.69 Å². The maximum absolute atomic E-state index is 13.6. The molecule has 1 N–H and O–H groups in total. The monoisotopic (exact) mass is 558 g/mol. The third-order valence-corrected chi connectivity index (χ3v) is 7.63. The number of hydrogen-bond acceptors (Lipinski definition) is 6. The minimum atomic E-state index is -0.168. The van der Waals surface area contributed by atoms with E-state index in [0.29, 0.717) is 36.6 Å². The summed E-state index contributed by atoms with van der Waals surface area (Å²) >= 11 is 0. The molecule has 0 saturated heterocycles. The molecule has 3 aromatic rings. The number of likely N-dealkylation sites (N-methyl/N-ethyl adjacent to an activating group) is 1. The first kappa shape index (κ1) is 30.2. The SMILES string of the molecule is CCCC(=O)Nc1ccc2c(c1)C(=O)N(C)C[C@H](OC)[C@@H](C)CN(Cc1ccc(-c3ccccn3)cc1)[C@@H](C)CO2. The average Bonchev–Trinajstić information content (AvgIpc) is 2.98. The molecule has 0 aliphatic carbocycles. The first-order chi connectivity index (χ1) is 19.8. The van der Waals surface area contributed by atoms with E-state index in [0.717, 1.165) is 30.8 Å². The zero-order valence-corrected chi connectivity index (χ0v) is 24.8. The topological polar surface area (TPSA) is 84.0 Å². The number of ether oxygens (including phenoxy) is 2. The Morgan fingerprint density at radius 1 is 1.10 bits per heavy atom. The second-order valence-corrected chi connectivity index (χ2v) is 10.9. The Hall–Kier alpha value is -3.75. The van der Waals surface area contributed by atoms with Crippen molar-refractivity contribution >= 4 is 17.5 Å². The second kappa shape index (κ2) is 14.2. The summed E-state index contributed by atoms with van der Waals surface area (Å²) in [5, 5.41) is 2.90.